The first-order chi connectivity index (χ1) is 11.5. The monoisotopic (exact) mass is 319 g/mol. The van der Waals surface area contributed by atoms with Gasteiger partial charge >= 0.3 is 0 Å². The molecule has 3 aromatic rings. The third-order valence-corrected chi connectivity index (χ3v) is 3.60. The van der Waals surface area contributed by atoms with Crippen LogP contribution in [0.5, 0.6) is 0 Å². The molecule has 1 heterocycles. The zero-order chi connectivity index (χ0) is 17.1. The molecule has 0 aliphatic heterocycles. The number of para-hydroxylation sites is 1. The van der Waals surface area contributed by atoms with E-state index in [0.717, 1.165) is 11.3 Å². The van der Waals surface area contributed by atoms with Crippen molar-refractivity contribution < 1.29 is 4.79 Å². The fraction of sp³-hybridized carbons (Fsp3) is 0.105. The largest absolute Gasteiger partial charge is 0.320 e. The van der Waals surface area contributed by atoms with Crippen molar-refractivity contribution >= 4 is 11.6 Å². The van der Waals surface area contributed by atoms with Crippen LogP contribution in [0, 0.1) is 13.8 Å². The SMILES string of the molecule is Cc1cccc(NC(=O)c2nn(-c3ccccc3)c(C)cc2=O)c1. The molecule has 0 fully saturated rings. The maximum atomic E-state index is 12.5. The lowest BCUT2D eigenvalue weighted by molar-refractivity contribution is 0.101. The number of benzene rings is 2. The minimum Gasteiger partial charge on any atom is -0.320 e. The molecule has 0 unspecified atom stereocenters. The summed E-state index contributed by atoms with van der Waals surface area (Å²) >= 11 is 0. The number of nitrogens with one attached hydrogen (secondary N) is 1. The molecule has 24 heavy (non-hydrogen) atoms. The summed E-state index contributed by atoms with van der Waals surface area (Å²) < 4.78 is 1.59. The first-order valence-electron chi connectivity index (χ1n) is 7.59. The van der Waals surface area contributed by atoms with Crippen molar-refractivity contribution in [2.24, 2.45) is 0 Å². The Bertz CT molecular complexity index is 946. The third kappa shape index (κ3) is 3.25. The van der Waals surface area contributed by atoms with Crippen molar-refractivity contribution in [1.29, 1.82) is 0 Å². The van der Waals surface area contributed by atoms with Gasteiger partial charge < -0.3 is 5.32 Å². The second kappa shape index (κ2) is 6.50. The maximum absolute atomic E-state index is 12.5. The van der Waals surface area contributed by atoms with Crippen molar-refractivity contribution in [3.05, 3.63) is 87.8 Å². The minimum absolute atomic E-state index is 0.133. The molecule has 3 rings (SSSR count). The van der Waals surface area contributed by atoms with Crippen LogP contribution in [0.4, 0.5) is 5.69 Å². The molecule has 0 aliphatic rings. The van der Waals surface area contributed by atoms with Crippen LogP contribution < -0.4 is 10.7 Å². The van der Waals surface area contributed by atoms with Crippen LogP contribution in [0.2, 0.25) is 0 Å². The number of rotatable bonds is 3. The highest BCUT2D eigenvalue weighted by atomic mass is 16.2. The molecule has 1 amide bonds. The summed E-state index contributed by atoms with van der Waals surface area (Å²) in [6.45, 7) is 3.71. The molecule has 120 valence electrons. The van der Waals surface area contributed by atoms with Crippen molar-refractivity contribution in [2.45, 2.75) is 13.8 Å². The van der Waals surface area contributed by atoms with E-state index in [1.165, 1.54) is 6.07 Å². The third-order valence-electron chi connectivity index (χ3n) is 3.60. The molecule has 1 N–H and O–H groups in total. The number of hydrogen-bond acceptors (Lipinski definition) is 3. The summed E-state index contributed by atoms with van der Waals surface area (Å²) in [4.78, 5) is 24.6. The molecule has 5 heteroatoms. The first-order valence-corrected chi connectivity index (χ1v) is 7.59. The lowest BCUT2D eigenvalue weighted by Gasteiger charge is -2.11. The highest BCUT2D eigenvalue weighted by molar-refractivity contribution is 6.02. The van der Waals surface area contributed by atoms with Gasteiger partial charge in [-0.1, -0.05) is 30.3 Å². The van der Waals surface area contributed by atoms with Gasteiger partial charge in [-0.15, -0.1) is 0 Å². The van der Waals surface area contributed by atoms with Crippen LogP contribution in [-0.4, -0.2) is 15.7 Å². The van der Waals surface area contributed by atoms with Crippen molar-refractivity contribution in [3.8, 4) is 5.69 Å². The quantitative estimate of drug-likeness (QED) is 0.807. The first kappa shape index (κ1) is 15.7. The smallest absolute Gasteiger partial charge is 0.280 e. The molecule has 0 saturated heterocycles. The Labute approximate surface area is 139 Å². The van der Waals surface area contributed by atoms with Gasteiger partial charge in [-0.05, 0) is 43.7 Å². The molecule has 0 spiro atoms. The van der Waals surface area contributed by atoms with Gasteiger partial charge in [0.2, 0.25) is 5.43 Å². The van der Waals surface area contributed by atoms with Gasteiger partial charge in [-0.25, -0.2) is 4.68 Å². The summed E-state index contributed by atoms with van der Waals surface area (Å²) in [5.41, 5.74) is 2.58. The molecule has 2 aromatic carbocycles. The van der Waals surface area contributed by atoms with Gasteiger partial charge in [0.15, 0.2) is 5.69 Å². The topological polar surface area (TPSA) is 64.0 Å². The summed E-state index contributed by atoms with van der Waals surface area (Å²) in [6, 6.07) is 18.2. The number of anilines is 1. The van der Waals surface area contributed by atoms with Crippen LogP contribution >= 0.6 is 0 Å². The number of aryl methyl sites for hydroxylation is 2. The van der Waals surface area contributed by atoms with Crippen molar-refractivity contribution in [1.82, 2.24) is 9.78 Å². The fourth-order valence-electron chi connectivity index (χ4n) is 2.45. The Balaban J connectivity index is 1.99. The number of carbonyl (C=O) groups excluding carboxylic acids is 1. The molecule has 0 bridgehead atoms. The molecule has 1 aromatic heterocycles. The van der Waals surface area contributed by atoms with E-state index >= 15 is 0 Å². The molecule has 5 nitrogen and oxygen atoms in total. The van der Waals surface area contributed by atoms with Crippen LogP contribution in [0.1, 0.15) is 21.7 Å². The maximum Gasteiger partial charge on any atom is 0.280 e. The predicted molar refractivity (Wildman–Crippen MR) is 93.7 cm³/mol. The second-order valence-electron chi connectivity index (χ2n) is 5.57. The van der Waals surface area contributed by atoms with E-state index in [2.05, 4.69) is 10.4 Å². The Hall–Kier alpha value is -3.21. The zero-order valence-electron chi connectivity index (χ0n) is 13.5. The minimum atomic E-state index is -0.518. The molecular weight excluding hydrogens is 302 g/mol. The van der Waals surface area contributed by atoms with E-state index in [1.54, 1.807) is 17.7 Å². The highest BCUT2D eigenvalue weighted by Gasteiger charge is 2.15. The van der Waals surface area contributed by atoms with Gasteiger partial charge in [0.25, 0.3) is 5.91 Å². The highest BCUT2D eigenvalue weighted by Crippen LogP contribution is 2.11. The average molecular weight is 319 g/mol. The summed E-state index contributed by atoms with van der Waals surface area (Å²) in [5.74, 6) is -0.518. The van der Waals surface area contributed by atoms with Crippen LogP contribution in [0.3, 0.4) is 0 Å². The number of hydrogen-bond donors (Lipinski definition) is 1. The van der Waals surface area contributed by atoms with Gasteiger partial charge in [0.1, 0.15) is 0 Å². The van der Waals surface area contributed by atoms with Gasteiger partial charge in [0.05, 0.1) is 5.69 Å². The number of aromatic nitrogens is 2. The lowest BCUT2D eigenvalue weighted by atomic mass is 10.2. The van der Waals surface area contributed by atoms with Crippen molar-refractivity contribution in [3.63, 3.8) is 0 Å². The average Bonchev–Trinajstić information content (AvgIpc) is 2.55. The molecule has 0 atom stereocenters. The van der Waals surface area contributed by atoms with Crippen LogP contribution in [0.25, 0.3) is 5.69 Å². The van der Waals surface area contributed by atoms with Gasteiger partial charge in [0, 0.05) is 17.4 Å². The fourth-order valence-corrected chi connectivity index (χ4v) is 2.45. The van der Waals surface area contributed by atoms with Gasteiger partial charge in [-0.2, -0.15) is 5.10 Å². The molecule has 0 aliphatic carbocycles. The molecule has 0 saturated carbocycles. The van der Waals surface area contributed by atoms with E-state index in [9.17, 15) is 9.59 Å². The van der Waals surface area contributed by atoms with Crippen molar-refractivity contribution in [2.75, 3.05) is 5.32 Å². The summed E-state index contributed by atoms with van der Waals surface area (Å²) in [6.07, 6.45) is 0. The summed E-state index contributed by atoms with van der Waals surface area (Å²) in [5, 5.41) is 6.98. The molecule has 0 radical (unpaired) electrons. The summed E-state index contributed by atoms with van der Waals surface area (Å²) in [7, 11) is 0. The second-order valence-corrected chi connectivity index (χ2v) is 5.57. The van der Waals surface area contributed by atoms with E-state index in [1.807, 2.05) is 55.5 Å². The normalized spacial score (nSPS) is 10.4. The van der Waals surface area contributed by atoms with E-state index < -0.39 is 11.3 Å². The van der Waals surface area contributed by atoms with E-state index in [4.69, 9.17) is 0 Å². The van der Waals surface area contributed by atoms with Crippen LogP contribution in [-0.2, 0) is 0 Å². The predicted octanol–water partition coefficient (Wildman–Crippen LogP) is 3.10. The Kier molecular flexibility index (Phi) is 4.24. The number of carbonyl (C=O) groups is 1. The van der Waals surface area contributed by atoms with E-state index in [-0.39, 0.29) is 5.69 Å². The number of amides is 1. The Morgan fingerprint density at radius 2 is 1.75 bits per heavy atom. The molecular formula is C19H17N3O2. The lowest BCUT2D eigenvalue weighted by Crippen LogP contribution is -2.26. The zero-order valence-corrected chi connectivity index (χ0v) is 13.5. The Morgan fingerprint density at radius 1 is 1.00 bits per heavy atom. The van der Waals surface area contributed by atoms with Crippen LogP contribution in [0.15, 0.2) is 65.5 Å². The standard InChI is InChI=1S/C19H17N3O2/c1-13-7-6-8-15(11-13)20-19(24)18-17(23)12-14(2)22(21-18)16-9-4-3-5-10-16/h3-12H,1-2H3,(H,20,24). The Morgan fingerprint density at radius 3 is 2.46 bits per heavy atom. The van der Waals surface area contributed by atoms with E-state index in [0.29, 0.717) is 11.4 Å². The van der Waals surface area contributed by atoms with Gasteiger partial charge in [-0.3, -0.25) is 9.59 Å². The number of nitrogens with zero attached hydrogens (tertiary/aromatic N) is 2.